The molecule has 1 amide bonds. The first-order chi connectivity index (χ1) is 10.7. The number of esters is 1. The highest BCUT2D eigenvalue weighted by atomic mass is 16.6. The minimum Gasteiger partial charge on any atom is -0.480 e. The third kappa shape index (κ3) is 7.85. The van der Waals surface area contributed by atoms with E-state index in [0.29, 0.717) is 5.75 Å². The van der Waals surface area contributed by atoms with Gasteiger partial charge < -0.3 is 19.9 Å². The summed E-state index contributed by atoms with van der Waals surface area (Å²) in [5, 5.41) is 11.3. The van der Waals surface area contributed by atoms with E-state index in [-0.39, 0.29) is 12.8 Å². The van der Waals surface area contributed by atoms with E-state index in [0.717, 1.165) is 0 Å². The van der Waals surface area contributed by atoms with Crippen LogP contribution in [0.4, 0.5) is 4.79 Å². The fraction of sp³-hybridized carbons (Fsp3) is 0.438. The van der Waals surface area contributed by atoms with Crippen LogP contribution in [0.3, 0.4) is 0 Å². The Balaban J connectivity index is 2.50. The quantitative estimate of drug-likeness (QED) is 0.779. The van der Waals surface area contributed by atoms with Crippen LogP contribution in [0.15, 0.2) is 30.3 Å². The molecule has 1 rings (SSSR count). The predicted molar refractivity (Wildman–Crippen MR) is 82.1 cm³/mol. The lowest BCUT2D eigenvalue weighted by molar-refractivity contribution is -0.155. The van der Waals surface area contributed by atoms with E-state index in [9.17, 15) is 14.4 Å². The highest BCUT2D eigenvalue weighted by Crippen LogP contribution is 2.11. The van der Waals surface area contributed by atoms with Crippen LogP contribution in [0.1, 0.15) is 33.6 Å². The topological polar surface area (TPSA) is 102 Å². The molecule has 0 aliphatic heterocycles. The Kier molecular flexibility index (Phi) is 6.56. The van der Waals surface area contributed by atoms with Gasteiger partial charge in [0.25, 0.3) is 0 Å². The van der Waals surface area contributed by atoms with Crippen molar-refractivity contribution in [3.05, 3.63) is 30.3 Å². The van der Waals surface area contributed by atoms with Crippen molar-refractivity contribution in [1.29, 1.82) is 0 Å². The van der Waals surface area contributed by atoms with Gasteiger partial charge in [0.05, 0.1) is 0 Å². The van der Waals surface area contributed by atoms with Crippen molar-refractivity contribution < 1.29 is 29.0 Å². The number of rotatable bonds is 6. The predicted octanol–water partition coefficient (Wildman–Crippen LogP) is 2.35. The lowest BCUT2D eigenvalue weighted by atomic mass is 10.1. The number of carbonyl (C=O) groups is 3. The second-order valence-corrected chi connectivity index (χ2v) is 5.86. The molecule has 0 bridgehead atoms. The number of carbonyl (C=O) groups excluding carboxylic acids is 2. The van der Waals surface area contributed by atoms with Crippen LogP contribution in [-0.4, -0.2) is 34.8 Å². The first-order valence-corrected chi connectivity index (χ1v) is 7.15. The Morgan fingerprint density at radius 2 is 1.78 bits per heavy atom. The molecule has 0 spiro atoms. The fourth-order valence-corrected chi connectivity index (χ4v) is 1.68. The summed E-state index contributed by atoms with van der Waals surface area (Å²) >= 11 is 0. The smallest absolute Gasteiger partial charge is 0.413 e. The van der Waals surface area contributed by atoms with E-state index in [1.807, 2.05) is 0 Å². The minimum atomic E-state index is -1.25. The lowest BCUT2D eigenvalue weighted by Crippen LogP contribution is -2.42. The summed E-state index contributed by atoms with van der Waals surface area (Å²) in [7, 11) is 0. The van der Waals surface area contributed by atoms with Crippen molar-refractivity contribution in [3.8, 4) is 5.75 Å². The summed E-state index contributed by atoms with van der Waals surface area (Å²) in [4.78, 5) is 34.5. The normalized spacial score (nSPS) is 12.1. The van der Waals surface area contributed by atoms with Gasteiger partial charge in [0, 0.05) is 6.42 Å². The number of benzene rings is 1. The van der Waals surface area contributed by atoms with Crippen molar-refractivity contribution in [2.75, 3.05) is 0 Å². The Morgan fingerprint density at radius 3 is 2.30 bits per heavy atom. The molecule has 126 valence electrons. The zero-order valence-corrected chi connectivity index (χ0v) is 13.4. The molecule has 0 saturated heterocycles. The van der Waals surface area contributed by atoms with E-state index in [2.05, 4.69) is 5.32 Å². The summed E-state index contributed by atoms with van der Waals surface area (Å²) in [6, 6.07) is 7.01. The summed E-state index contributed by atoms with van der Waals surface area (Å²) in [5.74, 6) is -1.48. The fourth-order valence-electron chi connectivity index (χ4n) is 1.68. The van der Waals surface area contributed by atoms with E-state index in [4.69, 9.17) is 14.6 Å². The van der Waals surface area contributed by atoms with Gasteiger partial charge in [0.15, 0.2) is 0 Å². The van der Waals surface area contributed by atoms with Crippen molar-refractivity contribution in [2.45, 2.75) is 45.3 Å². The van der Waals surface area contributed by atoms with Crippen LogP contribution in [0.2, 0.25) is 0 Å². The molecule has 7 heteroatoms. The van der Waals surface area contributed by atoms with Crippen LogP contribution >= 0.6 is 0 Å². The van der Waals surface area contributed by atoms with Gasteiger partial charge in [-0.05, 0) is 39.3 Å². The van der Waals surface area contributed by atoms with Crippen LogP contribution in [-0.2, 0) is 14.3 Å². The third-order valence-electron chi connectivity index (χ3n) is 2.60. The standard InChI is InChI=1S/C16H21NO6/c1-16(2,3)23-13(18)10-9-12(14(19)20)17-15(21)22-11-7-5-4-6-8-11/h4-8,12H,9-10H2,1-3H3,(H,17,21)(H,19,20)/t12-/m0/s1. The number of ether oxygens (including phenoxy) is 2. The number of amides is 1. The molecular weight excluding hydrogens is 302 g/mol. The van der Waals surface area contributed by atoms with Gasteiger partial charge in [-0.25, -0.2) is 9.59 Å². The second-order valence-electron chi connectivity index (χ2n) is 5.86. The van der Waals surface area contributed by atoms with Crippen molar-refractivity contribution in [3.63, 3.8) is 0 Å². The van der Waals surface area contributed by atoms with Gasteiger partial charge in [-0.2, -0.15) is 0 Å². The van der Waals surface area contributed by atoms with Crippen molar-refractivity contribution in [1.82, 2.24) is 5.32 Å². The third-order valence-corrected chi connectivity index (χ3v) is 2.60. The highest BCUT2D eigenvalue weighted by molar-refractivity contribution is 5.81. The number of nitrogens with one attached hydrogen (secondary N) is 1. The Hall–Kier alpha value is -2.57. The molecule has 1 atom stereocenters. The molecule has 0 aliphatic rings. The number of hydrogen-bond acceptors (Lipinski definition) is 5. The largest absolute Gasteiger partial charge is 0.480 e. The van der Waals surface area contributed by atoms with Crippen LogP contribution in [0, 0.1) is 0 Å². The zero-order valence-electron chi connectivity index (χ0n) is 13.4. The summed E-state index contributed by atoms with van der Waals surface area (Å²) in [6.45, 7) is 5.15. The summed E-state index contributed by atoms with van der Waals surface area (Å²) < 4.78 is 10.0. The van der Waals surface area contributed by atoms with Gasteiger partial charge in [-0.3, -0.25) is 4.79 Å². The molecule has 1 aromatic rings. The Bertz CT molecular complexity index is 549. The van der Waals surface area contributed by atoms with Crippen molar-refractivity contribution >= 4 is 18.0 Å². The maximum atomic E-state index is 11.7. The highest BCUT2D eigenvalue weighted by Gasteiger charge is 2.24. The maximum Gasteiger partial charge on any atom is 0.413 e. The van der Waals surface area contributed by atoms with E-state index in [1.165, 1.54) is 0 Å². The first-order valence-electron chi connectivity index (χ1n) is 7.15. The molecule has 0 aliphatic carbocycles. The molecule has 0 fully saturated rings. The van der Waals surface area contributed by atoms with E-state index < -0.39 is 29.7 Å². The molecule has 1 aromatic carbocycles. The Labute approximate surface area is 134 Å². The van der Waals surface area contributed by atoms with Gasteiger partial charge in [0.1, 0.15) is 17.4 Å². The molecular formula is C16H21NO6. The van der Waals surface area contributed by atoms with Gasteiger partial charge >= 0.3 is 18.0 Å². The average molecular weight is 323 g/mol. The van der Waals surface area contributed by atoms with Crippen LogP contribution < -0.4 is 10.1 Å². The average Bonchev–Trinajstić information content (AvgIpc) is 2.42. The molecule has 0 saturated carbocycles. The monoisotopic (exact) mass is 323 g/mol. The number of aliphatic carboxylic acids is 1. The van der Waals surface area contributed by atoms with Crippen LogP contribution in [0.25, 0.3) is 0 Å². The molecule has 7 nitrogen and oxygen atoms in total. The summed E-state index contributed by atoms with van der Waals surface area (Å²) in [5.41, 5.74) is -0.643. The summed E-state index contributed by atoms with van der Waals surface area (Å²) in [6.07, 6.45) is -1.11. The second kappa shape index (κ2) is 8.17. The van der Waals surface area contributed by atoms with Crippen LogP contribution in [0.5, 0.6) is 5.75 Å². The van der Waals surface area contributed by atoms with Crippen molar-refractivity contribution in [2.24, 2.45) is 0 Å². The number of para-hydroxylation sites is 1. The lowest BCUT2D eigenvalue weighted by Gasteiger charge is -2.20. The molecule has 0 radical (unpaired) electrons. The van der Waals surface area contributed by atoms with E-state index in [1.54, 1.807) is 51.1 Å². The molecule has 23 heavy (non-hydrogen) atoms. The zero-order chi connectivity index (χ0) is 17.5. The maximum absolute atomic E-state index is 11.7. The molecule has 0 aromatic heterocycles. The van der Waals surface area contributed by atoms with Gasteiger partial charge in [0.2, 0.25) is 0 Å². The molecule has 2 N–H and O–H groups in total. The molecule has 0 unspecified atom stereocenters. The van der Waals surface area contributed by atoms with E-state index >= 15 is 0 Å². The number of carboxylic acids is 1. The SMILES string of the molecule is CC(C)(C)OC(=O)CC[C@H](NC(=O)Oc1ccccc1)C(=O)O. The first kappa shape index (κ1) is 18.5. The van der Waals surface area contributed by atoms with Gasteiger partial charge in [-0.15, -0.1) is 0 Å². The number of hydrogen-bond donors (Lipinski definition) is 2. The minimum absolute atomic E-state index is 0.0892. The molecule has 0 heterocycles. The van der Waals surface area contributed by atoms with Gasteiger partial charge in [-0.1, -0.05) is 18.2 Å². The number of carboxylic acid groups (broad SMARTS) is 1. The Morgan fingerprint density at radius 1 is 1.17 bits per heavy atom.